The lowest BCUT2D eigenvalue weighted by atomic mass is 10.1. The second-order valence-electron chi connectivity index (χ2n) is 7.27. The number of rotatable bonds is 3. The molecule has 6 heteroatoms. The smallest absolute Gasteiger partial charge is 0.257 e. The third-order valence-corrected chi connectivity index (χ3v) is 5.29. The molecule has 5 nitrogen and oxygen atoms in total. The van der Waals surface area contributed by atoms with E-state index in [1.165, 1.54) is 12.1 Å². The van der Waals surface area contributed by atoms with Gasteiger partial charge in [-0.15, -0.1) is 0 Å². The third kappa shape index (κ3) is 3.65. The van der Waals surface area contributed by atoms with E-state index >= 15 is 0 Å². The second-order valence-corrected chi connectivity index (χ2v) is 7.27. The Bertz CT molecular complexity index is 782. The first-order valence-corrected chi connectivity index (χ1v) is 9.16. The van der Waals surface area contributed by atoms with E-state index in [-0.39, 0.29) is 11.7 Å². The molecule has 1 saturated heterocycles. The van der Waals surface area contributed by atoms with E-state index in [1.54, 1.807) is 16.8 Å². The summed E-state index contributed by atoms with van der Waals surface area (Å²) in [5, 5.41) is 4.53. The largest absolute Gasteiger partial charge is 0.338 e. The Hall–Kier alpha value is -2.21. The van der Waals surface area contributed by atoms with Crippen LogP contribution in [-0.2, 0) is 0 Å². The van der Waals surface area contributed by atoms with Gasteiger partial charge in [0.25, 0.3) is 5.91 Å². The number of amides is 1. The Labute approximate surface area is 154 Å². The number of hydrogen-bond donors (Lipinski definition) is 0. The molecule has 26 heavy (non-hydrogen) atoms. The summed E-state index contributed by atoms with van der Waals surface area (Å²) in [6, 6.07) is 6.69. The molecular formula is C20H27FN4O. The number of benzene rings is 1. The quantitative estimate of drug-likeness (QED) is 0.846. The molecule has 140 valence electrons. The van der Waals surface area contributed by atoms with Gasteiger partial charge in [0.05, 0.1) is 22.6 Å². The first-order chi connectivity index (χ1) is 12.4. The van der Waals surface area contributed by atoms with E-state index < -0.39 is 0 Å². The molecule has 0 spiro atoms. The summed E-state index contributed by atoms with van der Waals surface area (Å²) in [5.74, 6) is -0.237. The van der Waals surface area contributed by atoms with Gasteiger partial charge in [0.1, 0.15) is 5.82 Å². The molecule has 0 N–H and O–H groups in total. The number of halogens is 1. The molecular weight excluding hydrogens is 331 g/mol. The van der Waals surface area contributed by atoms with E-state index in [9.17, 15) is 9.18 Å². The van der Waals surface area contributed by atoms with Gasteiger partial charge >= 0.3 is 0 Å². The molecule has 1 aliphatic rings. The van der Waals surface area contributed by atoms with Crippen molar-refractivity contribution < 1.29 is 9.18 Å². The molecule has 2 aromatic rings. The van der Waals surface area contributed by atoms with Gasteiger partial charge < -0.3 is 9.80 Å². The number of hydrogen-bond acceptors (Lipinski definition) is 3. The van der Waals surface area contributed by atoms with Crippen LogP contribution in [0.2, 0.25) is 0 Å². The summed E-state index contributed by atoms with van der Waals surface area (Å²) >= 11 is 0. The van der Waals surface area contributed by atoms with Crippen LogP contribution < -0.4 is 0 Å². The van der Waals surface area contributed by atoms with Crippen molar-refractivity contribution in [1.82, 2.24) is 19.6 Å². The highest BCUT2D eigenvalue weighted by molar-refractivity contribution is 5.96. The van der Waals surface area contributed by atoms with Crippen LogP contribution in [0.5, 0.6) is 0 Å². The molecule has 2 heterocycles. The molecule has 1 aliphatic heterocycles. The maximum Gasteiger partial charge on any atom is 0.257 e. The predicted molar refractivity (Wildman–Crippen MR) is 100 cm³/mol. The highest BCUT2D eigenvalue weighted by Crippen LogP contribution is 2.22. The number of aromatic nitrogens is 2. The molecule has 1 atom stereocenters. The summed E-state index contributed by atoms with van der Waals surface area (Å²) < 4.78 is 14.9. The van der Waals surface area contributed by atoms with Crippen LogP contribution in [0, 0.1) is 19.7 Å². The number of nitrogens with zero attached hydrogens (tertiary/aromatic N) is 4. The molecule has 1 aromatic heterocycles. The number of carbonyl (C=O) groups excluding carboxylic acids is 1. The summed E-state index contributed by atoms with van der Waals surface area (Å²) in [6.45, 7) is 5.31. The fraction of sp³-hybridized carbons (Fsp3) is 0.500. The highest BCUT2D eigenvalue weighted by atomic mass is 19.1. The van der Waals surface area contributed by atoms with Crippen molar-refractivity contribution in [2.24, 2.45) is 0 Å². The normalized spacial score (nSPS) is 18.2. The molecule has 0 unspecified atom stereocenters. The topological polar surface area (TPSA) is 41.4 Å². The summed E-state index contributed by atoms with van der Waals surface area (Å²) in [5.41, 5.74) is 2.94. The van der Waals surface area contributed by atoms with Crippen LogP contribution in [-0.4, -0.2) is 58.7 Å². The summed E-state index contributed by atoms with van der Waals surface area (Å²) in [4.78, 5) is 17.4. The predicted octanol–water partition coefficient (Wildman–Crippen LogP) is 3.18. The zero-order valence-electron chi connectivity index (χ0n) is 16.0. The minimum absolute atomic E-state index is 0.0489. The summed E-state index contributed by atoms with van der Waals surface area (Å²) in [7, 11) is 4.20. The standard InChI is InChI=1S/C20H27FN4O/c1-14-19(15(2)25(22-14)18-9-7-16(21)8-10-18)20(26)24-12-5-6-17(11-13-24)23(3)4/h7-10,17H,5-6,11-13H2,1-4H3/t17-/m1/s1. The Morgan fingerprint density at radius 3 is 2.50 bits per heavy atom. The van der Waals surface area contributed by atoms with Gasteiger partial charge in [0, 0.05) is 19.1 Å². The first kappa shape index (κ1) is 18.6. The summed E-state index contributed by atoms with van der Waals surface area (Å²) in [6.07, 6.45) is 3.12. The number of carbonyl (C=O) groups is 1. The number of aryl methyl sites for hydroxylation is 1. The average molecular weight is 358 g/mol. The van der Waals surface area contributed by atoms with Gasteiger partial charge in [-0.2, -0.15) is 5.10 Å². The van der Waals surface area contributed by atoms with Crippen LogP contribution in [0.15, 0.2) is 24.3 Å². The lowest BCUT2D eigenvalue weighted by Gasteiger charge is -2.23. The Morgan fingerprint density at radius 2 is 1.85 bits per heavy atom. The average Bonchev–Trinajstić information content (AvgIpc) is 2.79. The molecule has 1 amide bonds. The van der Waals surface area contributed by atoms with E-state index in [0.29, 0.717) is 17.3 Å². The second kappa shape index (κ2) is 7.58. The van der Waals surface area contributed by atoms with Crippen LogP contribution in [0.3, 0.4) is 0 Å². The van der Waals surface area contributed by atoms with E-state index in [2.05, 4.69) is 24.1 Å². The van der Waals surface area contributed by atoms with Crippen LogP contribution in [0.25, 0.3) is 5.69 Å². The van der Waals surface area contributed by atoms with Crippen LogP contribution in [0.4, 0.5) is 4.39 Å². The van der Waals surface area contributed by atoms with Gasteiger partial charge in [0.2, 0.25) is 0 Å². The lowest BCUT2D eigenvalue weighted by Crippen LogP contribution is -2.34. The molecule has 0 radical (unpaired) electrons. The zero-order chi connectivity index (χ0) is 18.8. The molecule has 0 bridgehead atoms. The Kier molecular flexibility index (Phi) is 5.41. The maximum atomic E-state index is 13.2. The van der Waals surface area contributed by atoms with Gasteiger partial charge in [-0.3, -0.25) is 4.79 Å². The van der Waals surface area contributed by atoms with Gasteiger partial charge in [-0.25, -0.2) is 9.07 Å². The zero-order valence-corrected chi connectivity index (χ0v) is 16.0. The van der Waals surface area contributed by atoms with Crippen molar-refractivity contribution in [3.8, 4) is 5.69 Å². The first-order valence-electron chi connectivity index (χ1n) is 9.16. The molecule has 1 fully saturated rings. The van der Waals surface area contributed by atoms with Crippen molar-refractivity contribution in [2.75, 3.05) is 27.2 Å². The number of likely N-dealkylation sites (tertiary alicyclic amines) is 1. The minimum atomic E-state index is -0.286. The van der Waals surface area contributed by atoms with Crippen LogP contribution >= 0.6 is 0 Å². The molecule has 0 saturated carbocycles. The Balaban J connectivity index is 1.85. The fourth-order valence-corrected chi connectivity index (χ4v) is 3.74. The molecule has 0 aliphatic carbocycles. The Morgan fingerprint density at radius 1 is 1.15 bits per heavy atom. The van der Waals surface area contributed by atoms with Gasteiger partial charge in [-0.1, -0.05) is 0 Å². The molecule has 1 aromatic carbocycles. The van der Waals surface area contributed by atoms with Crippen LogP contribution in [0.1, 0.15) is 41.0 Å². The minimum Gasteiger partial charge on any atom is -0.338 e. The monoisotopic (exact) mass is 358 g/mol. The van der Waals surface area contributed by atoms with Crippen molar-refractivity contribution in [1.29, 1.82) is 0 Å². The maximum absolute atomic E-state index is 13.2. The highest BCUT2D eigenvalue weighted by Gasteiger charge is 2.27. The lowest BCUT2D eigenvalue weighted by molar-refractivity contribution is 0.0757. The van der Waals surface area contributed by atoms with Gasteiger partial charge in [0.15, 0.2) is 0 Å². The van der Waals surface area contributed by atoms with E-state index in [0.717, 1.165) is 43.7 Å². The van der Waals surface area contributed by atoms with Crippen molar-refractivity contribution in [3.63, 3.8) is 0 Å². The van der Waals surface area contributed by atoms with Crippen molar-refractivity contribution in [2.45, 2.75) is 39.2 Å². The fourth-order valence-electron chi connectivity index (χ4n) is 3.74. The van der Waals surface area contributed by atoms with Crippen molar-refractivity contribution in [3.05, 3.63) is 47.0 Å². The van der Waals surface area contributed by atoms with E-state index in [1.807, 2.05) is 18.7 Å². The van der Waals surface area contributed by atoms with Gasteiger partial charge in [-0.05, 0) is 71.5 Å². The van der Waals surface area contributed by atoms with Crippen molar-refractivity contribution >= 4 is 5.91 Å². The third-order valence-electron chi connectivity index (χ3n) is 5.29. The SMILES string of the molecule is Cc1nn(-c2ccc(F)cc2)c(C)c1C(=O)N1CCC[C@@H](N(C)C)CC1. The molecule has 3 rings (SSSR count). The van der Waals surface area contributed by atoms with E-state index in [4.69, 9.17) is 0 Å².